The molecule has 0 saturated heterocycles. The summed E-state index contributed by atoms with van der Waals surface area (Å²) in [6.45, 7) is 0. The molecule has 0 fully saturated rings. The van der Waals surface area contributed by atoms with Crippen LogP contribution < -0.4 is 0 Å². The van der Waals surface area contributed by atoms with Crippen LogP contribution in [0.2, 0.25) is 0 Å². The zero-order valence-electron chi connectivity index (χ0n) is 28.9. The molecule has 3 aromatic heterocycles. The van der Waals surface area contributed by atoms with Crippen molar-refractivity contribution in [3.8, 4) is 56.4 Å². The van der Waals surface area contributed by atoms with Crippen LogP contribution in [0.1, 0.15) is 0 Å². The topological polar surface area (TPSA) is 65.0 Å². The van der Waals surface area contributed by atoms with Crippen LogP contribution in [0.4, 0.5) is 0 Å². The van der Waals surface area contributed by atoms with Gasteiger partial charge >= 0.3 is 0 Å². The lowest BCUT2D eigenvalue weighted by Gasteiger charge is -2.10. The lowest BCUT2D eigenvalue weighted by molar-refractivity contribution is 0.668. The van der Waals surface area contributed by atoms with E-state index in [0.717, 1.165) is 88.2 Å². The van der Waals surface area contributed by atoms with Crippen molar-refractivity contribution in [1.82, 2.24) is 15.0 Å². The van der Waals surface area contributed by atoms with Gasteiger partial charge in [-0.3, -0.25) is 0 Å². The number of hydrogen-bond donors (Lipinski definition) is 0. The van der Waals surface area contributed by atoms with Crippen molar-refractivity contribution in [1.29, 1.82) is 0 Å². The minimum absolute atomic E-state index is 0.585. The van der Waals surface area contributed by atoms with Crippen LogP contribution in [0.15, 0.2) is 185 Å². The molecule has 3 heterocycles. The number of aromatic nitrogens is 3. The quantitative estimate of drug-likeness (QED) is 0.180. The van der Waals surface area contributed by atoms with E-state index in [1.54, 1.807) is 0 Å². The highest BCUT2D eigenvalue weighted by Gasteiger charge is 2.19. The van der Waals surface area contributed by atoms with Gasteiger partial charge in [-0.05, 0) is 69.4 Å². The summed E-state index contributed by atoms with van der Waals surface area (Å²) in [4.78, 5) is 15.4. The molecule has 0 saturated carbocycles. The van der Waals surface area contributed by atoms with Gasteiger partial charge in [0.05, 0.1) is 0 Å². The summed E-state index contributed by atoms with van der Waals surface area (Å²) >= 11 is 0. The molecule has 0 aliphatic heterocycles. The first-order valence-electron chi connectivity index (χ1n) is 18.0. The molecule has 0 atom stereocenters. The van der Waals surface area contributed by atoms with E-state index in [-0.39, 0.29) is 0 Å². The monoisotopic (exact) mass is 691 g/mol. The molecule has 0 aliphatic rings. The molecule has 0 unspecified atom stereocenters. The maximum Gasteiger partial charge on any atom is 0.164 e. The van der Waals surface area contributed by atoms with Gasteiger partial charge in [-0.2, -0.15) is 0 Å². The highest BCUT2D eigenvalue weighted by molar-refractivity contribution is 6.15. The fourth-order valence-electron chi connectivity index (χ4n) is 7.72. The first-order valence-corrected chi connectivity index (χ1v) is 18.0. The molecule has 0 aliphatic carbocycles. The highest BCUT2D eigenvalue weighted by atomic mass is 16.3. The normalized spacial score (nSPS) is 11.7. The van der Waals surface area contributed by atoms with Crippen LogP contribution >= 0.6 is 0 Å². The number of hydrogen-bond acceptors (Lipinski definition) is 5. The number of nitrogens with zero attached hydrogens (tertiary/aromatic N) is 3. The largest absolute Gasteiger partial charge is 0.456 e. The molecular formula is C49H29N3O2. The van der Waals surface area contributed by atoms with E-state index in [1.165, 1.54) is 5.39 Å². The second-order valence-corrected chi connectivity index (χ2v) is 13.6. The van der Waals surface area contributed by atoms with Crippen LogP contribution in [-0.2, 0) is 0 Å². The van der Waals surface area contributed by atoms with Gasteiger partial charge in [-0.25, -0.2) is 15.0 Å². The summed E-state index contributed by atoms with van der Waals surface area (Å²) in [5.74, 6) is 1.80. The Morgan fingerprint density at radius 2 is 0.852 bits per heavy atom. The first kappa shape index (κ1) is 30.3. The molecule has 0 N–H and O–H groups in total. The second-order valence-electron chi connectivity index (χ2n) is 13.6. The Kier molecular flexibility index (Phi) is 6.79. The van der Waals surface area contributed by atoms with E-state index in [1.807, 2.05) is 42.5 Å². The predicted molar refractivity (Wildman–Crippen MR) is 219 cm³/mol. The van der Waals surface area contributed by atoms with E-state index in [0.29, 0.717) is 17.5 Å². The Morgan fingerprint density at radius 1 is 0.296 bits per heavy atom. The Hall–Kier alpha value is -7.37. The van der Waals surface area contributed by atoms with Crippen LogP contribution in [0.3, 0.4) is 0 Å². The summed E-state index contributed by atoms with van der Waals surface area (Å²) in [5.41, 5.74) is 10.5. The average Bonchev–Trinajstić information content (AvgIpc) is 3.82. The molecule has 8 aromatic carbocycles. The van der Waals surface area contributed by atoms with Crippen molar-refractivity contribution in [2.75, 3.05) is 0 Å². The van der Waals surface area contributed by atoms with Crippen LogP contribution in [0.5, 0.6) is 0 Å². The third kappa shape index (κ3) is 4.98. The van der Waals surface area contributed by atoms with E-state index >= 15 is 0 Å². The molecule has 0 radical (unpaired) electrons. The summed E-state index contributed by atoms with van der Waals surface area (Å²) in [6.07, 6.45) is 0. The van der Waals surface area contributed by atoms with Crippen molar-refractivity contribution in [2.45, 2.75) is 0 Å². The van der Waals surface area contributed by atoms with Gasteiger partial charge in [0.2, 0.25) is 0 Å². The minimum atomic E-state index is 0.585. The molecule has 5 heteroatoms. The van der Waals surface area contributed by atoms with E-state index in [2.05, 4.69) is 133 Å². The molecule has 54 heavy (non-hydrogen) atoms. The van der Waals surface area contributed by atoms with Crippen molar-refractivity contribution in [3.63, 3.8) is 0 Å². The van der Waals surface area contributed by atoms with Gasteiger partial charge in [-0.15, -0.1) is 0 Å². The standard InChI is InChI=1S/C49H29N3O2/c1-2-10-30(11-3-1)32-20-23-33(24-21-32)47-50-48(36-25-22-31-12-4-5-13-34(31)28-36)52-49(51-47)40-16-9-19-43-46(40)39-27-26-35(29-44(39)54-43)37-15-8-18-42-45(37)38-14-6-7-17-41(38)53-42/h1-29H. The third-order valence-electron chi connectivity index (χ3n) is 10.3. The van der Waals surface area contributed by atoms with Gasteiger partial charge in [0.1, 0.15) is 22.3 Å². The molecule has 0 spiro atoms. The number of fused-ring (bicyclic) bond motifs is 7. The van der Waals surface area contributed by atoms with Gasteiger partial charge in [0.25, 0.3) is 0 Å². The number of benzene rings is 8. The maximum atomic E-state index is 6.60. The lowest BCUT2D eigenvalue weighted by atomic mass is 9.98. The van der Waals surface area contributed by atoms with Crippen molar-refractivity contribution in [3.05, 3.63) is 176 Å². The van der Waals surface area contributed by atoms with E-state index in [9.17, 15) is 0 Å². The Bertz CT molecular complexity index is 3210. The van der Waals surface area contributed by atoms with Crippen molar-refractivity contribution in [2.24, 2.45) is 0 Å². The van der Waals surface area contributed by atoms with Crippen LogP contribution in [0, 0.1) is 0 Å². The summed E-state index contributed by atoms with van der Waals surface area (Å²) < 4.78 is 12.8. The SMILES string of the molecule is c1ccc(-c2ccc(-c3nc(-c4ccc5ccccc5c4)nc(-c4cccc5oc6cc(-c7cccc8oc9ccccc9c78)ccc6c45)n3)cc2)cc1. The van der Waals surface area contributed by atoms with Crippen molar-refractivity contribution < 1.29 is 8.83 Å². The molecule has 11 aromatic rings. The number of furan rings is 2. The predicted octanol–water partition coefficient (Wildman–Crippen LogP) is 13.2. The molecule has 0 bridgehead atoms. The Morgan fingerprint density at radius 3 is 1.69 bits per heavy atom. The molecule has 0 amide bonds. The fraction of sp³-hybridized carbons (Fsp3) is 0. The summed E-state index contributed by atoms with van der Waals surface area (Å²) in [6, 6.07) is 60.4. The highest BCUT2D eigenvalue weighted by Crippen LogP contribution is 2.41. The second kappa shape index (κ2) is 12.1. The van der Waals surface area contributed by atoms with Gasteiger partial charge in [0.15, 0.2) is 17.5 Å². The first-order chi connectivity index (χ1) is 26.7. The summed E-state index contributed by atoms with van der Waals surface area (Å²) in [7, 11) is 0. The van der Waals surface area contributed by atoms with Gasteiger partial charge < -0.3 is 8.83 Å². The van der Waals surface area contributed by atoms with Gasteiger partial charge in [-0.1, -0.05) is 140 Å². The number of para-hydroxylation sites is 1. The smallest absolute Gasteiger partial charge is 0.164 e. The fourth-order valence-corrected chi connectivity index (χ4v) is 7.72. The molecule has 11 rings (SSSR count). The van der Waals surface area contributed by atoms with Crippen LogP contribution in [0.25, 0.3) is 111 Å². The maximum absolute atomic E-state index is 6.60. The van der Waals surface area contributed by atoms with Crippen molar-refractivity contribution >= 4 is 54.6 Å². The Labute approximate surface area is 309 Å². The Balaban J connectivity index is 1.08. The zero-order valence-corrected chi connectivity index (χ0v) is 28.9. The number of rotatable bonds is 5. The third-order valence-corrected chi connectivity index (χ3v) is 10.3. The molecule has 5 nitrogen and oxygen atoms in total. The average molecular weight is 692 g/mol. The minimum Gasteiger partial charge on any atom is -0.456 e. The molecular weight excluding hydrogens is 663 g/mol. The van der Waals surface area contributed by atoms with Crippen LogP contribution in [-0.4, -0.2) is 15.0 Å². The van der Waals surface area contributed by atoms with E-state index in [4.69, 9.17) is 23.8 Å². The lowest BCUT2D eigenvalue weighted by Crippen LogP contribution is -2.00. The summed E-state index contributed by atoms with van der Waals surface area (Å²) in [5, 5.41) is 6.45. The van der Waals surface area contributed by atoms with E-state index < -0.39 is 0 Å². The zero-order chi connectivity index (χ0) is 35.6. The van der Waals surface area contributed by atoms with Gasteiger partial charge in [0, 0.05) is 38.2 Å². The molecule has 252 valence electrons.